The van der Waals surface area contributed by atoms with Crippen molar-refractivity contribution in [2.45, 2.75) is 13.5 Å². The minimum absolute atomic E-state index is 0.0826. The molecule has 0 unspecified atom stereocenters. The van der Waals surface area contributed by atoms with E-state index in [1.54, 1.807) is 6.07 Å². The number of aromatic nitrogens is 2. The highest BCUT2D eigenvalue weighted by molar-refractivity contribution is 6.29. The van der Waals surface area contributed by atoms with Crippen LogP contribution in [0.5, 0.6) is 0 Å². The largest absolute Gasteiger partial charge is 0.379 e. The normalized spacial score (nSPS) is 10.8. The van der Waals surface area contributed by atoms with Gasteiger partial charge < -0.3 is 10.3 Å². The van der Waals surface area contributed by atoms with Crippen molar-refractivity contribution in [3.63, 3.8) is 0 Å². The predicted octanol–water partition coefficient (Wildman–Crippen LogP) is 3.50. The van der Waals surface area contributed by atoms with Crippen molar-refractivity contribution in [3.8, 4) is 0 Å². The number of para-hydroxylation sites is 1. The van der Waals surface area contributed by atoms with E-state index in [4.69, 9.17) is 11.6 Å². The first kappa shape index (κ1) is 13.6. The van der Waals surface area contributed by atoms with Gasteiger partial charge in [-0.1, -0.05) is 29.8 Å². The van der Waals surface area contributed by atoms with Gasteiger partial charge in [-0.2, -0.15) is 0 Å². The number of nitrogens with zero attached hydrogens (tertiary/aromatic N) is 1. The maximum atomic E-state index is 12.1. The van der Waals surface area contributed by atoms with E-state index in [1.807, 2.05) is 43.3 Å². The Bertz CT molecular complexity index is 858. The summed E-state index contributed by atoms with van der Waals surface area (Å²) in [4.78, 5) is 19.1. The summed E-state index contributed by atoms with van der Waals surface area (Å²) in [7, 11) is 0. The van der Waals surface area contributed by atoms with Crippen LogP contribution in [0.4, 0.5) is 5.69 Å². The molecule has 0 aliphatic heterocycles. The van der Waals surface area contributed by atoms with Crippen LogP contribution in [-0.4, -0.2) is 9.97 Å². The number of aromatic amines is 1. The van der Waals surface area contributed by atoms with Gasteiger partial charge in [0.1, 0.15) is 5.15 Å². The summed E-state index contributed by atoms with van der Waals surface area (Å²) in [6, 6.07) is 13.2. The molecule has 0 saturated heterocycles. The average Bonchev–Trinajstić information content (AvgIpc) is 2.46. The molecule has 2 aromatic heterocycles. The summed E-state index contributed by atoms with van der Waals surface area (Å²) in [5.41, 5.74) is 3.12. The summed E-state index contributed by atoms with van der Waals surface area (Å²) >= 11 is 5.83. The fourth-order valence-corrected chi connectivity index (χ4v) is 2.42. The zero-order valence-electron chi connectivity index (χ0n) is 11.5. The Morgan fingerprint density at radius 1 is 1.24 bits per heavy atom. The van der Waals surface area contributed by atoms with E-state index in [0.717, 1.165) is 22.3 Å². The molecule has 4 nitrogen and oxygen atoms in total. The number of pyridine rings is 2. The van der Waals surface area contributed by atoms with Gasteiger partial charge in [0.05, 0.1) is 11.4 Å². The predicted molar refractivity (Wildman–Crippen MR) is 85.9 cm³/mol. The zero-order chi connectivity index (χ0) is 14.8. The molecule has 0 saturated carbocycles. The number of hydrogen-bond acceptors (Lipinski definition) is 3. The monoisotopic (exact) mass is 299 g/mol. The van der Waals surface area contributed by atoms with Crippen LogP contribution in [0.2, 0.25) is 5.15 Å². The second-order valence-corrected chi connectivity index (χ2v) is 5.22. The minimum atomic E-state index is -0.0826. The van der Waals surface area contributed by atoms with Gasteiger partial charge in [-0.3, -0.25) is 4.79 Å². The highest BCUT2D eigenvalue weighted by Crippen LogP contribution is 2.17. The van der Waals surface area contributed by atoms with Crippen LogP contribution >= 0.6 is 11.6 Å². The molecule has 0 aliphatic rings. The second-order valence-electron chi connectivity index (χ2n) is 4.83. The quantitative estimate of drug-likeness (QED) is 0.728. The molecule has 0 atom stereocenters. The van der Waals surface area contributed by atoms with E-state index < -0.39 is 0 Å². The van der Waals surface area contributed by atoms with Crippen LogP contribution < -0.4 is 10.9 Å². The van der Waals surface area contributed by atoms with Crippen LogP contribution in [0.1, 0.15) is 11.3 Å². The third-order valence-electron chi connectivity index (χ3n) is 3.35. The standard InChI is InChI=1S/C16H14ClN3O/c1-10-13(6-7-15(17)19-10)18-9-12-8-11-4-2-3-5-14(11)20-16(12)21/h2-8,18H,9H2,1H3,(H,20,21). The molecule has 3 rings (SSSR count). The van der Waals surface area contributed by atoms with E-state index in [1.165, 1.54) is 0 Å². The molecule has 0 fully saturated rings. The third kappa shape index (κ3) is 2.90. The molecule has 21 heavy (non-hydrogen) atoms. The van der Waals surface area contributed by atoms with E-state index in [2.05, 4.69) is 15.3 Å². The van der Waals surface area contributed by atoms with Gasteiger partial charge in [0.25, 0.3) is 5.56 Å². The molecular weight excluding hydrogens is 286 g/mol. The maximum Gasteiger partial charge on any atom is 0.253 e. The van der Waals surface area contributed by atoms with Crippen molar-refractivity contribution < 1.29 is 0 Å². The number of H-pyrrole nitrogens is 1. The van der Waals surface area contributed by atoms with Crippen molar-refractivity contribution in [1.82, 2.24) is 9.97 Å². The van der Waals surface area contributed by atoms with Gasteiger partial charge in [0.15, 0.2) is 0 Å². The van der Waals surface area contributed by atoms with Crippen LogP contribution in [0.25, 0.3) is 10.9 Å². The molecule has 0 radical (unpaired) electrons. The first-order valence-corrected chi connectivity index (χ1v) is 6.99. The number of fused-ring (bicyclic) bond motifs is 1. The summed E-state index contributed by atoms with van der Waals surface area (Å²) in [5.74, 6) is 0. The van der Waals surface area contributed by atoms with Crippen molar-refractivity contribution in [1.29, 1.82) is 0 Å². The number of anilines is 1. The highest BCUT2D eigenvalue weighted by Gasteiger charge is 2.05. The molecule has 106 valence electrons. The number of benzene rings is 1. The molecule has 5 heteroatoms. The van der Waals surface area contributed by atoms with Crippen molar-refractivity contribution in [2.75, 3.05) is 5.32 Å². The molecule has 0 amide bonds. The molecule has 0 spiro atoms. The van der Waals surface area contributed by atoms with Gasteiger partial charge in [0.2, 0.25) is 0 Å². The summed E-state index contributed by atoms with van der Waals surface area (Å²) in [5, 5.41) is 4.69. The Morgan fingerprint density at radius 3 is 2.86 bits per heavy atom. The zero-order valence-corrected chi connectivity index (χ0v) is 12.2. The molecule has 2 N–H and O–H groups in total. The Hall–Kier alpha value is -2.33. The van der Waals surface area contributed by atoms with Crippen LogP contribution in [0.3, 0.4) is 0 Å². The fraction of sp³-hybridized carbons (Fsp3) is 0.125. The summed E-state index contributed by atoms with van der Waals surface area (Å²) < 4.78 is 0. The van der Waals surface area contributed by atoms with E-state index in [0.29, 0.717) is 17.3 Å². The number of rotatable bonds is 3. The Labute approximate surface area is 126 Å². The first-order chi connectivity index (χ1) is 10.1. The molecule has 2 heterocycles. The van der Waals surface area contributed by atoms with Crippen molar-refractivity contribution in [2.24, 2.45) is 0 Å². The van der Waals surface area contributed by atoms with Gasteiger partial charge in [-0.25, -0.2) is 4.98 Å². The van der Waals surface area contributed by atoms with Crippen LogP contribution in [0.15, 0.2) is 47.3 Å². The van der Waals surface area contributed by atoms with E-state index >= 15 is 0 Å². The summed E-state index contributed by atoms with van der Waals surface area (Å²) in [6.07, 6.45) is 0. The second kappa shape index (κ2) is 5.58. The minimum Gasteiger partial charge on any atom is -0.379 e. The smallest absolute Gasteiger partial charge is 0.253 e. The lowest BCUT2D eigenvalue weighted by Crippen LogP contribution is -2.16. The van der Waals surface area contributed by atoms with Crippen molar-refractivity contribution >= 4 is 28.2 Å². The molecular formula is C16H14ClN3O. The third-order valence-corrected chi connectivity index (χ3v) is 3.56. The number of hydrogen-bond donors (Lipinski definition) is 2. The number of aryl methyl sites for hydroxylation is 1. The topological polar surface area (TPSA) is 57.8 Å². The Kier molecular flexibility index (Phi) is 3.62. The van der Waals surface area contributed by atoms with E-state index in [-0.39, 0.29) is 5.56 Å². The Morgan fingerprint density at radius 2 is 2.05 bits per heavy atom. The fourth-order valence-electron chi connectivity index (χ4n) is 2.23. The molecule has 1 aromatic carbocycles. The molecule has 0 aliphatic carbocycles. The van der Waals surface area contributed by atoms with Crippen LogP contribution in [0, 0.1) is 6.92 Å². The SMILES string of the molecule is Cc1nc(Cl)ccc1NCc1cc2ccccc2[nH]c1=O. The lowest BCUT2D eigenvalue weighted by atomic mass is 10.1. The lowest BCUT2D eigenvalue weighted by Gasteiger charge is -2.09. The summed E-state index contributed by atoms with van der Waals surface area (Å²) in [6.45, 7) is 2.31. The van der Waals surface area contributed by atoms with Gasteiger partial charge >= 0.3 is 0 Å². The maximum absolute atomic E-state index is 12.1. The van der Waals surface area contributed by atoms with Crippen LogP contribution in [-0.2, 0) is 6.54 Å². The molecule has 0 bridgehead atoms. The number of nitrogens with one attached hydrogen (secondary N) is 2. The number of halogens is 1. The first-order valence-electron chi connectivity index (χ1n) is 6.61. The lowest BCUT2D eigenvalue weighted by molar-refractivity contribution is 1.07. The van der Waals surface area contributed by atoms with Gasteiger partial charge in [-0.05, 0) is 36.6 Å². The van der Waals surface area contributed by atoms with Gasteiger partial charge in [0, 0.05) is 17.6 Å². The highest BCUT2D eigenvalue weighted by atomic mass is 35.5. The average molecular weight is 300 g/mol. The van der Waals surface area contributed by atoms with Crippen molar-refractivity contribution in [3.05, 3.63) is 69.2 Å². The molecule has 3 aromatic rings. The van der Waals surface area contributed by atoms with Gasteiger partial charge in [-0.15, -0.1) is 0 Å². The van der Waals surface area contributed by atoms with E-state index in [9.17, 15) is 4.79 Å². The Balaban J connectivity index is 1.88.